The van der Waals surface area contributed by atoms with Crippen LogP contribution in [-0.2, 0) is 4.79 Å². The molecule has 4 rings (SSSR count). The van der Waals surface area contributed by atoms with Crippen LogP contribution in [0.5, 0.6) is 11.5 Å². The summed E-state index contributed by atoms with van der Waals surface area (Å²) >= 11 is 0. The summed E-state index contributed by atoms with van der Waals surface area (Å²) in [7, 11) is 1.56. The average Bonchev–Trinajstić information content (AvgIpc) is 3.13. The van der Waals surface area contributed by atoms with E-state index in [9.17, 15) is 4.79 Å². The fourth-order valence-electron chi connectivity index (χ4n) is 3.76. The molecule has 164 valence electrons. The van der Waals surface area contributed by atoms with Crippen molar-refractivity contribution in [2.75, 3.05) is 19.0 Å². The first-order valence-corrected chi connectivity index (χ1v) is 10.4. The summed E-state index contributed by atoms with van der Waals surface area (Å²) in [5.41, 5.74) is 5.10. The van der Waals surface area contributed by atoms with E-state index in [1.54, 1.807) is 23.9 Å². The van der Waals surface area contributed by atoms with Crippen molar-refractivity contribution in [1.82, 2.24) is 14.8 Å². The topological polar surface area (TPSA) is 78.3 Å². The van der Waals surface area contributed by atoms with Gasteiger partial charge in [0.05, 0.1) is 18.3 Å². The molecule has 0 spiro atoms. The number of nitrogens with zero attached hydrogens (tertiary/aromatic N) is 3. The van der Waals surface area contributed by atoms with Crippen molar-refractivity contribution in [3.63, 3.8) is 0 Å². The monoisotopic (exact) mass is 430 g/mol. The minimum atomic E-state index is -0.304. The Bertz CT molecular complexity index is 1310. The van der Waals surface area contributed by atoms with Crippen molar-refractivity contribution < 1.29 is 14.3 Å². The summed E-state index contributed by atoms with van der Waals surface area (Å²) in [4.78, 5) is 17.5. The summed E-state index contributed by atoms with van der Waals surface area (Å²) in [6, 6.07) is 15.2. The normalized spacial score (nSPS) is 10.9. The van der Waals surface area contributed by atoms with Gasteiger partial charge in [-0.05, 0) is 63.1 Å². The number of hydrogen-bond acceptors (Lipinski definition) is 5. The molecule has 0 saturated carbocycles. The fourth-order valence-corrected chi connectivity index (χ4v) is 3.76. The number of methoxy groups -OCH3 is 1. The van der Waals surface area contributed by atoms with E-state index in [4.69, 9.17) is 14.5 Å². The van der Waals surface area contributed by atoms with E-state index in [0.29, 0.717) is 23.1 Å². The maximum Gasteiger partial charge on any atom is 0.263 e. The number of nitrogens with one attached hydrogen (secondary N) is 1. The summed E-state index contributed by atoms with van der Waals surface area (Å²) < 4.78 is 12.6. The number of carbonyl (C=O) groups is 1. The number of rotatable bonds is 6. The second-order valence-corrected chi connectivity index (χ2v) is 7.85. The molecule has 2 aromatic heterocycles. The highest BCUT2D eigenvalue weighted by molar-refractivity contribution is 5.91. The van der Waals surface area contributed by atoms with Gasteiger partial charge in [0.1, 0.15) is 5.82 Å². The van der Waals surface area contributed by atoms with Crippen LogP contribution in [0.25, 0.3) is 16.7 Å². The highest BCUT2D eigenvalue weighted by Gasteiger charge is 2.15. The molecule has 1 N–H and O–H groups in total. The molecule has 0 aliphatic rings. The number of para-hydroxylation sites is 2. The van der Waals surface area contributed by atoms with E-state index < -0.39 is 0 Å². The molecular formula is C25H26N4O3. The van der Waals surface area contributed by atoms with Gasteiger partial charge < -0.3 is 14.8 Å². The fraction of sp³-hybridized carbons (Fsp3) is 0.240. The summed E-state index contributed by atoms with van der Waals surface area (Å²) in [5.74, 6) is 1.96. The van der Waals surface area contributed by atoms with Gasteiger partial charge in [0.2, 0.25) is 0 Å². The molecule has 0 radical (unpaired) electrons. The lowest BCUT2D eigenvalue weighted by Gasteiger charge is -2.13. The molecule has 1 amide bonds. The number of ether oxygens (including phenoxy) is 2. The third kappa shape index (κ3) is 4.27. The molecule has 0 saturated heterocycles. The lowest BCUT2D eigenvalue weighted by Crippen LogP contribution is -2.22. The molecule has 32 heavy (non-hydrogen) atoms. The van der Waals surface area contributed by atoms with Crippen molar-refractivity contribution >= 4 is 22.6 Å². The van der Waals surface area contributed by atoms with E-state index in [0.717, 1.165) is 27.7 Å². The van der Waals surface area contributed by atoms with E-state index in [-0.39, 0.29) is 12.5 Å². The predicted octanol–water partition coefficient (Wildman–Crippen LogP) is 4.68. The van der Waals surface area contributed by atoms with Crippen LogP contribution in [0.3, 0.4) is 0 Å². The van der Waals surface area contributed by atoms with Crippen LogP contribution >= 0.6 is 0 Å². The van der Waals surface area contributed by atoms with Crippen LogP contribution in [0.15, 0.2) is 48.5 Å². The standard InChI is InChI=1S/C25H26N4O3/c1-15-10-17(3)25-19(11-15)16(2)12-22(27-25)29-23(13-18(4)28-29)26-24(30)14-32-21-9-7-6-8-20(21)31-5/h6-13H,14H2,1-5H3,(H,26,30). The van der Waals surface area contributed by atoms with Crippen LogP contribution in [0.2, 0.25) is 0 Å². The quantitative estimate of drug-likeness (QED) is 0.481. The summed E-state index contributed by atoms with van der Waals surface area (Å²) in [5, 5.41) is 8.55. The minimum Gasteiger partial charge on any atom is -0.493 e. The number of fused-ring (bicyclic) bond motifs is 1. The minimum absolute atomic E-state index is 0.160. The van der Waals surface area contributed by atoms with Gasteiger partial charge in [0, 0.05) is 11.5 Å². The van der Waals surface area contributed by atoms with Crippen molar-refractivity contribution in [2.45, 2.75) is 27.7 Å². The second kappa shape index (κ2) is 8.70. The lowest BCUT2D eigenvalue weighted by atomic mass is 10.0. The number of pyridine rings is 1. The Hall–Kier alpha value is -3.87. The molecule has 2 aromatic carbocycles. The van der Waals surface area contributed by atoms with Gasteiger partial charge in [-0.3, -0.25) is 4.79 Å². The molecular weight excluding hydrogens is 404 g/mol. The van der Waals surface area contributed by atoms with E-state index in [1.807, 2.05) is 31.2 Å². The van der Waals surface area contributed by atoms with Crippen LogP contribution < -0.4 is 14.8 Å². The zero-order chi connectivity index (χ0) is 22.8. The number of carbonyl (C=O) groups excluding carboxylic acids is 1. The number of anilines is 1. The van der Waals surface area contributed by atoms with E-state index in [2.05, 4.69) is 43.3 Å². The molecule has 0 atom stereocenters. The number of amides is 1. The molecule has 7 heteroatoms. The van der Waals surface area contributed by atoms with Crippen LogP contribution in [-0.4, -0.2) is 34.4 Å². The Kier molecular flexibility index (Phi) is 5.81. The number of benzene rings is 2. The molecule has 0 unspecified atom stereocenters. The van der Waals surface area contributed by atoms with Crippen LogP contribution in [0.1, 0.15) is 22.4 Å². The molecule has 0 aliphatic heterocycles. The Morgan fingerprint density at radius 1 is 1.00 bits per heavy atom. The van der Waals surface area contributed by atoms with Gasteiger partial charge in [0.15, 0.2) is 23.9 Å². The lowest BCUT2D eigenvalue weighted by molar-refractivity contribution is -0.118. The SMILES string of the molecule is COc1ccccc1OCC(=O)Nc1cc(C)nn1-c1cc(C)c2cc(C)cc(C)c2n1. The number of aryl methyl sites for hydroxylation is 4. The van der Waals surface area contributed by atoms with Gasteiger partial charge in [-0.1, -0.05) is 23.8 Å². The van der Waals surface area contributed by atoms with Gasteiger partial charge in [-0.25, -0.2) is 4.98 Å². The predicted molar refractivity (Wildman–Crippen MR) is 125 cm³/mol. The van der Waals surface area contributed by atoms with Crippen molar-refractivity contribution in [2.24, 2.45) is 0 Å². The molecule has 0 bridgehead atoms. The van der Waals surface area contributed by atoms with Crippen molar-refractivity contribution in [3.8, 4) is 17.3 Å². The maximum absolute atomic E-state index is 12.6. The molecule has 0 aliphatic carbocycles. The molecule has 0 fully saturated rings. The summed E-state index contributed by atoms with van der Waals surface area (Å²) in [6.07, 6.45) is 0. The zero-order valence-corrected chi connectivity index (χ0v) is 18.9. The van der Waals surface area contributed by atoms with Crippen LogP contribution in [0, 0.1) is 27.7 Å². The molecule has 7 nitrogen and oxygen atoms in total. The Balaban J connectivity index is 1.60. The summed E-state index contributed by atoms with van der Waals surface area (Å²) in [6.45, 7) is 7.91. The Morgan fingerprint density at radius 3 is 2.50 bits per heavy atom. The first kappa shape index (κ1) is 21.4. The smallest absolute Gasteiger partial charge is 0.263 e. The highest BCUT2D eigenvalue weighted by Crippen LogP contribution is 2.27. The van der Waals surface area contributed by atoms with Gasteiger partial charge in [-0.2, -0.15) is 9.78 Å². The van der Waals surface area contributed by atoms with Crippen molar-refractivity contribution in [3.05, 3.63) is 70.9 Å². The zero-order valence-electron chi connectivity index (χ0n) is 18.9. The maximum atomic E-state index is 12.6. The van der Waals surface area contributed by atoms with E-state index in [1.165, 1.54) is 5.56 Å². The first-order chi connectivity index (χ1) is 15.4. The highest BCUT2D eigenvalue weighted by atomic mass is 16.5. The number of aromatic nitrogens is 3. The van der Waals surface area contributed by atoms with Gasteiger partial charge in [-0.15, -0.1) is 0 Å². The molecule has 4 aromatic rings. The largest absolute Gasteiger partial charge is 0.493 e. The third-order valence-electron chi connectivity index (χ3n) is 5.19. The van der Waals surface area contributed by atoms with Crippen molar-refractivity contribution in [1.29, 1.82) is 0 Å². The molecule has 2 heterocycles. The van der Waals surface area contributed by atoms with Gasteiger partial charge >= 0.3 is 0 Å². The van der Waals surface area contributed by atoms with E-state index >= 15 is 0 Å². The van der Waals surface area contributed by atoms with Crippen LogP contribution in [0.4, 0.5) is 5.82 Å². The number of hydrogen-bond donors (Lipinski definition) is 1. The Labute approximate surface area is 187 Å². The van der Waals surface area contributed by atoms with Gasteiger partial charge in [0.25, 0.3) is 5.91 Å². The third-order valence-corrected chi connectivity index (χ3v) is 5.19. The first-order valence-electron chi connectivity index (χ1n) is 10.4. The Morgan fingerprint density at radius 2 is 1.75 bits per heavy atom. The average molecular weight is 431 g/mol. The second-order valence-electron chi connectivity index (χ2n) is 7.85.